The Morgan fingerprint density at radius 2 is 1.81 bits per heavy atom. The summed E-state index contributed by atoms with van der Waals surface area (Å²) in [5.41, 5.74) is 2.63. The molecule has 2 heterocycles. The van der Waals surface area contributed by atoms with Crippen molar-refractivity contribution < 1.29 is 4.79 Å². The Labute approximate surface area is 175 Å². The van der Waals surface area contributed by atoms with Crippen molar-refractivity contribution in [3.8, 4) is 0 Å². The average Bonchev–Trinajstić information content (AvgIpc) is 3.41. The van der Waals surface area contributed by atoms with E-state index in [-0.39, 0.29) is 30.7 Å². The third kappa shape index (κ3) is 5.17. The number of carbonyl (C=O) groups is 1. The summed E-state index contributed by atoms with van der Waals surface area (Å²) in [6.45, 7) is 8.45. The molecule has 1 aromatic rings. The van der Waals surface area contributed by atoms with E-state index in [1.54, 1.807) is 0 Å². The summed E-state index contributed by atoms with van der Waals surface area (Å²) >= 11 is 0. The second-order valence-electron chi connectivity index (χ2n) is 8.21. The number of amides is 1. The van der Waals surface area contributed by atoms with E-state index in [4.69, 9.17) is 0 Å². The molecule has 0 unspecified atom stereocenters. The molecule has 1 saturated carbocycles. The largest absolute Gasteiger partial charge is 0.339 e. The van der Waals surface area contributed by atoms with Crippen LogP contribution < -0.4 is 5.32 Å². The van der Waals surface area contributed by atoms with E-state index >= 15 is 0 Å². The van der Waals surface area contributed by atoms with E-state index < -0.39 is 0 Å². The van der Waals surface area contributed by atoms with E-state index in [0.29, 0.717) is 5.41 Å². The number of nitrogens with zero attached hydrogens (tertiary/aromatic N) is 2. The van der Waals surface area contributed by atoms with Gasteiger partial charge in [-0.3, -0.25) is 9.69 Å². The number of piperidine rings is 1. The Morgan fingerprint density at radius 1 is 1.15 bits per heavy atom. The predicted molar refractivity (Wildman–Crippen MR) is 115 cm³/mol. The number of hydrogen-bond acceptors (Lipinski definition) is 3. The number of likely N-dealkylation sites (tertiary alicyclic amines) is 1. The highest BCUT2D eigenvalue weighted by molar-refractivity contribution is 5.94. The smallest absolute Gasteiger partial charge is 0.253 e. The number of nitrogens with one attached hydrogen (secondary N) is 1. The van der Waals surface area contributed by atoms with Gasteiger partial charge in [-0.05, 0) is 68.3 Å². The standard InChI is InChI=1S/C21H31N3O.2ClH/c1-2-23(19-7-8-19)15-17-3-5-18(6-4-17)20(25)24-13-10-21(11-14-24)9-12-22-16-21;;/h3-6,19,22H,2,7-16H2,1H3;2*1H. The average molecular weight is 414 g/mol. The van der Waals surface area contributed by atoms with Gasteiger partial charge in [0, 0.05) is 37.8 Å². The molecule has 1 amide bonds. The number of halogens is 2. The maximum Gasteiger partial charge on any atom is 0.253 e. The second kappa shape index (κ2) is 9.60. The highest BCUT2D eigenvalue weighted by Crippen LogP contribution is 2.37. The van der Waals surface area contributed by atoms with Gasteiger partial charge >= 0.3 is 0 Å². The predicted octanol–water partition coefficient (Wildman–Crippen LogP) is 3.73. The topological polar surface area (TPSA) is 35.6 Å². The Balaban J connectivity index is 0.00000131. The van der Waals surface area contributed by atoms with Crippen molar-refractivity contribution in [2.75, 3.05) is 32.7 Å². The van der Waals surface area contributed by atoms with E-state index in [0.717, 1.165) is 63.7 Å². The molecule has 1 spiro atoms. The van der Waals surface area contributed by atoms with Gasteiger partial charge in [0.1, 0.15) is 0 Å². The lowest BCUT2D eigenvalue weighted by atomic mass is 9.78. The molecule has 4 rings (SSSR count). The van der Waals surface area contributed by atoms with Crippen LogP contribution in [0.4, 0.5) is 0 Å². The zero-order valence-electron chi connectivity index (χ0n) is 16.3. The molecule has 0 aromatic heterocycles. The summed E-state index contributed by atoms with van der Waals surface area (Å²) in [7, 11) is 0. The minimum atomic E-state index is 0. The van der Waals surface area contributed by atoms with Gasteiger partial charge < -0.3 is 10.2 Å². The van der Waals surface area contributed by atoms with Crippen LogP contribution in [0.1, 0.15) is 54.9 Å². The van der Waals surface area contributed by atoms with Gasteiger partial charge in [-0.2, -0.15) is 0 Å². The first-order valence-electron chi connectivity index (χ1n) is 10.0. The lowest BCUT2D eigenvalue weighted by Crippen LogP contribution is -2.44. The van der Waals surface area contributed by atoms with E-state index in [1.165, 1.54) is 24.8 Å². The lowest BCUT2D eigenvalue weighted by molar-refractivity contribution is 0.0607. The quantitative estimate of drug-likeness (QED) is 0.798. The number of carbonyl (C=O) groups excluding carboxylic acids is 1. The fraction of sp³-hybridized carbons (Fsp3) is 0.667. The molecule has 152 valence electrons. The van der Waals surface area contributed by atoms with Crippen LogP contribution in [0.15, 0.2) is 24.3 Å². The molecule has 6 heteroatoms. The molecule has 0 bridgehead atoms. The molecule has 2 aliphatic heterocycles. The highest BCUT2D eigenvalue weighted by atomic mass is 35.5. The van der Waals surface area contributed by atoms with Crippen molar-refractivity contribution in [2.24, 2.45) is 5.41 Å². The van der Waals surface area contributed by atoms with Crippen LogP contribution >= 0.6 is 24.8 Å². The van der Waals surface area contributed by atoms with E-state index in [1.807, 2.05) is 12.1 Å². The van der Waals surface area contributed by atoms with Gasteiger partial charge in [-0.15, -0.1) is 24.8 Å². The van der Waals surface area contributed by atoms with Crippen LogP contribution in [0.3, 0.4) is 0 Å². The van der Waals surface area contributed by atoms with Crippen LogP contribution in [0.2, 0.25) is 0 Å². The van der Waals surface area contributed by atoms with E-state index in [9.17, 15) is 4.79 Å². The van der Waals surface area contributed by atoms with Crippen LogP contribution in [0.25, 0.3) is 0 Å². The lowest BCUT2D eigenvalue weighted by Gasteiger charge is -2.38. The fourth-order valence-electron chi connectivity index (χ4n) is 4.52. The molecular weight excluding hydrogens is 381 g/mol. The molecule has 0 radical (unpaired) electrons. The third-order valence-corrected chi connectivity index (χ3v) is 6.50. The van der Waals surface area contributed by atoms with Crippen molar-refractivity contribution in [1.29, 1.82) is 0 Å². The van der Waals surface area contributed by atoms with Crippen molar-refractivity contribution in [2.45, 2.75) is 51.6 Å². The Morgan fingerprint density at radius 3 is 2.33 bits per heavy atom. The summed E-state index contributed by atoms with van der Waals surface area (Å²) < 4.78 is 0. The normalized spacial score (nSPS) is 21.0. The maximum absolute atomic E-state index is 12.8. The fourth-order valence-corrected chi connectivity index (χ4v) is 4.52. The molecule has 1 N–H and O–H groups in total. The summed E-state index contributed by atoms with van der Waals surface area (Å²) in [5.74, 6) is 0.210. The molecule has 4 nitrogen and oxygen atoms in total. The Bertz CT molecular complexity index is 602. The molecule has 0 atom stereocenters. The minimum absolute atomic E-state index is 0. The van der Waals surface area contributed by atoms with Crippen molar-refractivity contribution in [3.05, 3.63) is 35.4 Å². The zero-order chi connectivity index (χ0) is 17.3. The van der Waals surface area contributed by atoms with Crippen LogP contribution in [0, 0.1) is 5.41 Å². The van der Waals surface area contributed by atoms with Gasteiger partial charge in [0.15, 0.2) is 0 Å². The number of rotatable bonds is 5. The SMILES string of the molecule is CCN(Cc1ccc(C(=O)N2CCC3(CCNC3)CC2)cc1)C1CC1.Cl.Cl. The molecule has 2 saturated heterocycles. The summed E-state index contributed by atoms with van der Waals surface area (Å²) in [4.78, 5) is 17.4. The summed E-state index contributed by atoms with van der Waals surface area (Å²) in [6.07, 6.45) is 6.26. The molecular formula is C21H33Cl2N3O. The first-order chi connectivity index (χ1) is 12.2. The van der Waals surface area contributed by atoms with Crippen LogP contribution in [-0.4, -0.2) is 54.5 Å². The summed E-state index contributed by atoms with van der Waals surface area (Å²) in [6, 6.07) is 9.13. The second-order valence-corrected chi connectivity index (χ2v) is 8.21. The van der Waals surface area contributed by atoms with Gasteiger partial charge in [-0.1, -0.05) is 19.1 Å². The van der Waals surface area contributed by atoms with E-state index in [2.05, 4.69) is 34.2 Å². The molecule has 3 fully saturated rings. The number of benzene rings is 1. The Hall–Kier alpha value is -0.810. The molecule has 27 heavy (non-hydrogen) atoms. The highest BCUT2D eigenvalue weighted by Gasteiger charge is 2.38. The van der Waals surface area contributed by atoms with Gasteiger partial charge in [0.2, 0.25) is 0 Å². The minimum Gasteiger partial charge on any atom is -0.339 e. The van der Waals surface area contributed by atoms with Crippen LogP contribution in [0.5, 0.6) is 0 Å². The first kappa shape index (κ1) is 22.5. The maximum atomic E-state index is 12.8. The molecule has 1 aromatic carbocycles. The van der Waals surface area contributed by atoms with Gasteiger partial charge in [-0.25, -0.2) is 0 Å². The van der Waals surface area contributed by atoms with Gasteiger partial charge in [0.05, 0.1) is 0 Å². The monoisotopic (exact) mass is 413 g/mol. The van der Waals surface area contributed by atoms with Crippen molar-refractivity contribution in [1.82, 2.24) is 15.1 Å². The number of hydrogen-bond donors (Lipinski definition) is 1. The Kier molecular flexibility index (Phi) is 7.99. The third-order valence-electron chi connectivity index (χ3n) is 6.50. The molecule has 3 aliphatic rings. The molecule has 1 aliphatic carbocycles. The van der Waals surface area contributed by atoms with Crippen LogP contribution in [-0.2, 0) is 6.54 Å². The van der Waals surface area contributed by atoms with Crippen molar-refractivity contribution in [3.63, 3.8) is 0 Å². The zero-order valence-corrected chi connectivity index (χ0v) is 17.9. The van der Waals surface area contributed by atoms with Crippen molar-refractivity contribution >= 4 is 30.7 Å². The first-order valence-corrected chi connectivity index (χ1v) is 10.0. The summed E-state index contributed by atoms with van der Waals surface area (Å²) in [5, 5.41) is 3.49. The van der Waals surface area contributed by atoms with Gasteiger partial charge in [0.25, 0.3) is 5.91 Å².